The number of para-hydroxylation sites is 4. The Bertz CT molecular complexity index is 5860. The topological polar surface area (TPSA) is 45.5 Å². The largest absolute Gasteiger partial charge is 0.305 e. The lowest BCUT2D eigenvalue weighted by Gasteiger charge is -2.27. The molecule has 0 aliphatic carbocycles. The van der Waals surface area contributed by atoms with Gasteiger partial charge in [-0.05, 0) is 146 Å². The standard InChI is InChI=1S/C88H56N6/c1-5-23-57(24-6-1)62-41-45-80-72(53-62)67-32-15-19-37-76(67)91(80)85-84(71-36-14-13-31-66(71)61-49-51-89-52-50-61)86(92-77-38-20-16-33-68(77)73-54-63(42-46-81(73)92)58-25-7-2-8-26-58)88(94-79-40-22-18-35-70(79)75-56-65(44-48-83(75)94)60-29-11-4-12-30-60)90-87(85)93-78-39-21-17-34-69(78)74-55-64(43-47-82(74)93)59-27-9-3-10-28-59/h1-56H. The monoisotopic (exact) mass is 1200 g/mol. The predicted octanol–water partition coefficient (Wildman–Crippen LogP) is 22.9. The van der Waals surface area contributed by atoms with E-state index in [1.54, 1.807) is 0 Å². The van der Waals surface area contributed by atoms with Crippen LogP contribution < -0.4 is 0 Å². The molecule has 0 saturated carbocycles. The quantitative estimate of drug-likeness (QED) is 0.137. The Morgan fingerprint density at radius 2 is 0.468 bits per heavy atom. The van der Waals surface area contributed by atoms with Gasteiger partial charge in [-0.25, -0.2) is 4.98 Å². The van der Waals surface area contributed by atoms with Gasteiger partial charge in [-0.3, -0.25) is 14.1 Å². The number of hydrogen-bond donors (Lipinski definition) is 0. The Morgan fingerprint density at radius 3 is 0.819 bits per heavy atom. The minimum Gasteiger partial charge on any atom is -0.305 e. The summed E-state index contributed by atoms with van der Waals surface area (Å²) >= 11 is 0. The zero-order chi connectivity index (χ0) is 61.8. The van der Waals surface area contributed by atoms with Crippen LogP contribution in [0.1, 0.15) is 0 Å². The Hall–Kier alpha value is -12.6. The van der Waals surface area contributed by atoms with E-state index in [4.69, 9.17) is 4.98 Å². The van der Waals surface area contributed by atoms with Crippen LogP contribution >= 0.6 is 0 Å². The molecule has 0 aliphatic rings. The van der Waals surface area contributed by atoms with E-state index < -0.39 is 0 Å². The molecule has 6 heteroatoms. The molecule has 19 aromatic rings. The first kappa shape index (κ1) is 53.2. The molecular weight excluding hydrogens is 1140 g/mol. The number of pyridine rings is 2. The van der Waals surface area contributed by atoms with Crippen LogP contribution in [0.25, 0.3) is 177 Å². The van der Waals surface area contributed by atoms with E-state index in [9.17, 15) is 0 Å². The number of aromatic nitrogens is 6. The Kier molecular flexibility index (Phi) is 12.2. The second kappa shape index (κ2) is 21.5. The molecule has 0 fully saturated rings. The molecule has 0 spiro atoms. The molecule has 0 amide bonds. The fraction of sp³-hybridized carbons (Fsp3) is 0. The summed E-state index contributed by atoms with van der Waals surface area (Å²) in [5.74, 6) is 1.54. The van der Waals surface area contributed by atoms with Gasteiger partial charge in [0.05, 0.1) is 44.1 Å². The van der Waals surface area contributed by atoms with Gasteiger partial charge in [0, 0.05) is 61.0 Å². The van der Waals surface area contributed by atoms with Gasteiger partial charge in [0.25, 0.3) is 0 Å². The van der Waals surface area contributed by atoms with Crippen LogP contribution in [-0.4, -0.2) is 28.2 Å². The van der Waals surface area contributed by atoms with E-state index in [1.165, 1.54) is 0 Å². The summed E-state index contributed by atoms with van der Waals surface area (Å²) in [6, 6.07) is 120. The van der Waals surface area contributed by atoms with Crippen LogP contribution in [0.15, 0.2) is 340 Å². The average molecular weight is 1200 g/mol. The van der Waals surface area contributed by atoms with Crippen LogP contribution in [-0.2, 0) is 0 Å². The number of hydrogen-bond acceptors (Lipinski definition) is 2. The van der Waals surface area contributed by atoms with Gasteiger partial charge in [-0.15, -0.1) is 0 Å². The highest BCUT2D eigenvalue weighted by Gasteiger charge is 2.34. The van der Waals surface area contributed by atoms with Gasteiger partial charge in [-0.1, -0.05) is 243 Å². The van der Waals surface area contributed by atoms with Crippen molar-refractivity contribution in [1.29, 1.82) is 0 Å². The van der Waals surface area contributed by atoms with E-state index in [1.807, 2.05) is 12.4 Å². The minimum absolute atomic E-state index is 0.769. The summed E-state index contributed by atoms with van der Waals surface area (Å²) in [5.41, 5.74) is 23.5. The second-order valence-electron chi connectivity index (χ2n) is 24.4. The van der Waals surface area contributed by atoms with Crippen molar-refractivity contribution in [2.24, 2.45) is 0 Å². The van der Waals surface area contributed by atoms with Crippen LogP contribution in [0.3, 0.4) is 0 Å². The maximum absolute atomic E-state index is 6.65. The summed E-state index contributed by atoms with van der Waals surface area (Å²) in [4.78, 5) is 11.3. The Balaban J connectivity index is 1.08. The van der Waals surface area contributed by atoms with E-state index in [0.29, 0.717) is 0 Å². The first-order valence-corrected chi connectivity index (χ1v) is 32.1. The smallest absolute Gasteiger partial charge is 0.165 e. The van der Waals surface area contributed by atoms with Crippen molar-refractivity contribution in [3.05, 3.63) is 340 Å². The summed E-state index contributed by atoms with van der Waals surface area (Å²) in [6.45, 7) is 0. The third-order valence-corrected chi connectivity index (χ3v) is 19.3. The molecule has 0 N–H and O–H groups in total. The van der Waals surface area contributed by atoms with E-state index in [0.717, 1.165) is 177 Å². The highest BCUT2D eigenvalue weighted by molar-refractivity contribution is 6.17. The summed E-state index contributed by atoms with van der Waals surface area (Å²) in [7, 11) is 0. The van der Waals surface area contributed by atoms with E-state index >= 15 is 0 Å². The Labute approximate surface area is 542 Å². The van der Waals surface area contributed by atoms with Crippen LogP contribution in [0.4, 0.5) is 0 Å². The number of benzene rings is 13. The lowest BCUT2D eigenvalue weighted by atomic mass is 9.92. The first-order valence-electron chi connectivity index (χ1n) is 32.1. The van der Waals surface area contributed by atoms with E-state index in [-0.39, 0.29) is 0 Å². The van der Waals surface area contributed by atoms with Gasteiger partial charge >= 0.3 is 0 Å². The van der Waals surface area contributed by atoms with Gasteiger partial charge in [-0.2, -0.15) is 0 Å². The molecule has 13 aromatic carbocycles. The van der Waals surface area contributed by atoms with Crippen LogP contribution in [0, 0.1) is 0 Å². The number of rotatable bonds is 10. The first-order chi connectivity index (χ1) is 46.7. The average Bonchev–Trinajstić information content (AvgIpc) is 1.49. The molecule has 0 unspecified atom stereocenters. The van der Waals surface area contributed by atoms with Crippen molar-refractivity contribution >= 4 is 87.2 Å². The van der Waals surface area contributed by atoms with E-state index in [2.05, 4.69) is 351 Å². The molecule has 19 rings (SSSR count). The minimum atomic E-state index is 0.769. The van der Waals surface area contributed by atoms with Crippen LogP contribution in [0.2, 0.25) is 0 Å². The molecule has 0 radical (unpaired) electrons. The SMILES string of the molecule is c1ccc(-c2ccc3c(c2)c2ccccc2n3-c2nc(-n3c4ccccc4c4cc(-c5ccccc5)ccc43)c(-n3c4ccccc4c4cc(-c5ccccc5)ccc43)c(-c3ccccc3-c3ccncc3)c2-n2c3ccccc3c3cc(-c4ccccc4)ccc32)cc1. The zero-order valence-electron chi connectivity index (χ0n) is 51.0. The third kappa shape index (κ3) is 8.30. The summed E-state index contributed by atoms with van der Waals surface area (Å²) < 4.78 is 10.0. The predicted molar refractivity (Wildman–Crippen MR) is 392 cm³/mol. The molecular formula is C88H56N6. The number of fused-ring (bicyclic) bond motifs is 12. The highest BCUT2D eigenvalue weighted by atomic mass is 15.2. The lowest BCUT2D eigenvalue weighted by Crippen LogP contribution is -2.16. The van der Waals surface area contributed by atoms with Crippen molar-refractivity contribution in [3.63, 3.8) is 0 Å². The van der Waals surface area contributed by atoms with Crippen molar-refractivity contribution in [2.75, 3.05) is 0 Å². The molecule has 438 valence electrons. The molecule has 6 aromatic heterocycles. The summed E-state index contributed by atoms with van der Waals surface area (Å²) in [5, 5.41) is 9.07. The van der Waals surface area contributed by atoms with Gasteiger partial charge in [0.2, 0.25) is 0 Å². The molecule has 0 aliphatic heterocycles. The fourth-order valence-electron chi connectivity index (χ4n) is 15.1. The maximum Gasteiger partial charge on any atom is 0.165 e. The van der Waals surface area contributed by atoms with Crippen molar-refractivity contribution in [1.82, 2.24) is 28.2 Å². The van der Waals surface area contributed by atoms with Crippen LogP contribution in [0.5, 0.6) is 0 Å². The van der Waals surface area contributed by atoms with Gasteiger partial charge in [0.1, 0.15) is 11.4 Å². The fourth-order valence-corrected chi connectivity index (χ4v) is 15.1. The number of nitrogens with zero attached hydrogens (tertiary/aromatic N) is 6. The molecule has 0 atom stereocenters. The second-order valence-corrected chi connectivity index (χ2v) is 24.4. The molecule has 0 bridgehead atoms. The van der Waals surface area contributed by atoms with Crippen molar-refractivity contribution in [3.8, 4) is 89.8 Å². The molecule has 94 heavy (non-hydrogen) atoms. The maximum atomic E-state index is 6.65. The van der Waals surface area contributed by atoms with Gasteiger partial charge in [0.15, 0.2) is 11.6 Å². The Morgan fingerprint density at radius 1 is 0.191 bits per heavy atom. The lowest BCUT2D eigenvalue weighted by molar-refractivity contribution is 0.961. The van der Waals surface area contributed by atoms with Gasteiger partial charge < -0.3 is 9.13 Å². The summed E-state index contributed by atoms with van der Waals surface area (Å²) in [6.07, 6.45) is 3.82. The van der Waals surface area contributed by atoms with Crippen molar-refractivity contribution < 1.29 is 0 Å². The normalized spacial score (nSPS) is 11.8. The molecule has 6 nitrogen and oxygen atoms in total. The molecule has 6 heterocycles. The zero-order valence-corrected chi connectivity index (χ0v) is 51.0. The molecule has 0 saturated heterocycles. The third-order valence-electron chi connectivity index (χ3n) is 19.3. The highest BCUT2D eigenvalue weighted by Crippen LogP contribution is 2.51. The van der Waals surface area contributed by atoms with Crippen molar-refractivity contribution in [2.45, 2.75) is 0 Å².